The van der Waals surface area contributed by atoms with E-state index >= 15 is 0 Å². The number of aliphatic hydroxyl groups is 1. The highest BCUT2D eigenvalue weighted by Gasteiger charge is 2.38. The lowest BCUT2D eigenvalue weighted by Gasteiger charge is -2.34. The van der Waals surface area contributed by atoms with Gasteiger partial charge in [-0.25, -0.2) is 23.2 Å². The van der Waals surface area contributed by atoms with Crippen LogP contribution in [0, 0.1) is 17.6 Å². The zero-order valence-electron chi connectivity index (χ0n) is 21.0. The van der Waals surface area contributed by atoms with Gasteiger partial charge in [-0.1, -0.05) is 50.6 Å². The summed E-state index contributed by atoms with van der Waals surface area (Å²) in [7, 11) is 0. The largest absolute Gasteiger partial charge is 0.383 e. The predicted molar refractivity (Wildman–Crippen MR) is 138 cm³/mol. The van der Waals surface area contributed by atoms with Gasteiger partial charge in [0.25, 0.3) is 0 Å². The Labute approximate surface area is 214 Å². The van der Waals surface area contributed by atoms with Crippen LogP contribution in [-0.4, -0.2) is 29.0 Å². The summed E-state index contributed by atoms with van der Waals surface area (Å²) in [4.78, 5) is 16.5. The molecule has 0 saturated heterocycles. The summed E-state index contributed by atoms with van der Waals surface area (Å²) in [6.45, 7) is 4.56. The van der Waals surface area contributed by atoms with Crippen LogP contribution in [0.1, 0.15) is 44.2 Å². The summed E-state index contributed by atoms with van der Waals surface area (Å²) in [5.41, 5.74) is -0.00984. The molecule has 7 nitrogen and oxygen atoms in total. The predicted octanol–water partition coefficient (Wildman–Crippen LogP) is 4.94. The molecule has 0 radical (unpaired) electrons. The van der Waals surface area contributed by atoms with Crippen molar-refractivity contribution in [1.29, 1.82) is 0 Å². The lowest BCUT2D eigenvalue weighted by Crippen LogP contribution is -2.39. The van der Waals surface area contributed by atoms with E-state index in [1.165, 1.54) is 23.4 Å². The molecule has 0 amide bonds. The third-order valence-corrected chi connectivity index (χ3v) is 6.65. The molecule has 0 bridgehead atoms. The number of hydrogen-bond donors (Lipinski definition) is 1. The normalized spacial score (nSPS) is 14.2. The van der Waals surface area contributed by atoms with E-state index < -0.39 is 23.2 Å². The first-order valence-electron chi connectivity index (χ1n) is 12.4. The Morgan fingerprint density at radius 2 is 1.92 bits per heavy atom. The quantitative estimate of drug-likeness (QED) is 0.312. The molecule has 194 valence electrons. The Kier molecular flexibility index (Phi) is 8.13. The minimum atomic E-state index is -1.65. The van der Waals surface area contributed by atoms with E-state index in [1.54, 1.807) is 21.5 Å². The maximum Gasteiger partial charge on any atom is 0.332 e. The van der Waals surface area contributed by atoms with Crippen LogP contribution in [0.4, 0.5) is 8.78 Å². The molecule has 0 unspecified atom stereocenters. The van der Waals surface area contributed by atoms with Gasteiger partial charge in [0.1, 0.15) is 29.9 Å². The van der Waals surface area contributed by atoms with Crippen LogP contribution < -0.4 is 5.69 Å². The van der Waals surface area contributed by atoms with E-state index in [-0.39, 0.29) is 17.8 Å². The summed E-state index contributed by atoms with van der Waals surface area (Å²) in [5, 5.41) is 15.7. The summed E-state index contributed by atoms with van der Waals surface area (Å²) in [5.74, 6) is -1.96. The Hall–Kier alpha value is -3.85. The lowest BCUT2D eigenvalue weighted by atomic mass is 9.80. The first-order valence-corrected chi connectivity index (χ1v) is 12.4. The van der Waals surface area contributed by atoms with Gasteiger partial charge >= 0.3 is 5.69 Å². The number of halogens is 2. The van der Waals surface area contributed by atoms with Crippen molar-refractivity contribution < 1.29 is 13.9 Å². The number of aryl methyl sites for hydroxylation is 1. The number of imidazole rings is 1. The molecule has 0 fully saturated rings. The van der Waals surface area contributed by atoms with Crippen molar-refractivity contribution in [3.8, 4) is 5.69 Å². The Balaban J connectivity index is 1.49. The Bertz CT molecular complexity index is 1390. The molecule has 9 heteroatoms. The van der Waals surface area contributed by atoms with E-state index in [9.17, 15) is 18.7 Å². The zero-order chi connectivity index (χ0) is 26.4. The number of rotatable bonds is 11. The van der Waals surface area contributed by atoms with Gasteiger partial charge in [0.15, 0.2) is 0 Å². The molecule has 2 aromatic heterocycles. The number of allylic oxidation sites excluding steroid dienone is 1. The van der Waals surface area contributed by atoms with Crippen LogP contribution in [0.2, 0.25) is 0 Å². The average molecular weight is 508 g/mol. The molecular weight excluding hydrogens is 476 g/mol. The molecule has 0 aliphatic carbocycles. The molecule has 0 aliphatic heterocycles. The number of nitrogens with zero attached hydrogens (tertiary/aromatic N) is 5. The zero-order valence-corrected chi connectivity index (χ0v) is 21.0. The molecule has 0 saturated carbocycles. The highest BCUT2D eigenvalue weighted by molar-refractivity contribution is 5.51. The number of benzene rings is 2. The second-order valence-electron chi connectivity index (χ2n) is 9.27. The first kappa shape index (κ1) is 26.2. The van der Waals surface area contributed by atoms with Crippen molar-refractivity contribution in [3.63, 3.8) is 0 Å². The van der Waals surface area contributed by atoms with E-state index in [2.05, 4.69) is 17.0 Å². The lowest BCUT2D eigenvalue weighted by molar-refractivity contribution is -0.0379. The fourth-order valence-corrected chi connectivity index (χ4v) is 4.37. The fourth-order valence-electron chi connectivity index (χ4n) is 4.37. The van der Waals surface area contributed by atoms with E-state index in [1.807, 2.05) is 43.3 Å². The third kappa shape index (κ3) is 5.94. The van der Waals surface area contributed by atoms with Crippen LogP contribution in [-0.2, 0) is 18.7 Å². The molecule has 0 spiro atoms. The van der Waals surface area contributed by atoms with Crippen LogP contribution >= 0.6 is 0 Å². The molecular formula is C28H31F2N5O2. The highest BCUT2D eigenvalue weighted by Crippen LogP contribution is 2.35. The van der Waals surface area contributed by atoms with Gasteiger partial charge in [-0.05, 0) is 42.5 Å². The van der Waals surface area contributed by atoms with Crippen molar-refractivity contribution in [2.75, 3.05) is 0 Å². The summed E-state index contributed by atoms with van der Waals surface area (Å²) >= 11 is 0. The minimum absolute atomic E-state index is 0.00553. The monoisotopic (exact) mass is 507 g/mol. The minimum Gasteiger partial charge on any atom is -0.383 e. The van der Waals surface area contributed by atoms with Crippen molar-refractivity contribution in [3.05, 3.63) is 107 Å². The number of hydrogen-bond acceptors (Lipinski definition) is 4. The summed E-state index contributed by atoms with van der Waals surface area (Å²) in [6.07, 6.45) is 12.6. The molecule has 2 aromatic carbocycles. The van der Waals surface area contributed by atoms with Gasteiger partial charge < -0.3 is 5.11 Å². The molecule has 4 aromatic rings. The van der Waals surface area contributed by atoms with Crippen LogP contribution in [0.5, 0.6) is 0 Å². The van der Waals surface area contributed by atoms with Gasteiger partial charge in [-0.15, -0.1) is 0 Å². The van der Waals surface area contributed by atoms with E-state index in [0.29, 0.717) is 13.0 Å². The van der Waals surface area contributed by atoms with Crippen LogP contribution in [0.25, 0.3) is 11.8 Å². The molecule has 1 N–H and O–H groups in total. The Morgan fingerprint density at radius 1 is 1.14 bits per heavy atom. The van der Waals surface area contributed by atoms with E-state index in [4.69, 9.17) is 0 Å². The second kappa shape index (κ2) is 11.5. The smallest absolute Gasteiger partial charge is 0.332 e. The molecule has 2 atom stereocenters. The van der Waals surface area contributed by atoms with Crippen molar-refractivity contribution in [2.45, 2.75) is 51.8 Å². The van der Waals surface area contributed by atoms with Crippen LogP contribution in [0.15, 0.2) is 78.4 Å². The molecule has 0 aliphatic rings. The van der Waals surface area contributed by atoms with Gasteiger partial charge in [-0.2, -0.15) is 5.10 Å². The van der Waals surface area contributed by atoms with Gasteiger partial charge in [0, 0.05) is 30.6 Å². The first-order chi connectivity index (χ1) is 17.8. The third-order valence-electron chi connectivity index (χ3n) is 6.65. The maximum atomic E-state index is 14.7. The number of unbranched alkanes of at least 4 members (excludes halogenated alkanes) is 1. The molecule has 4 rings (SSSR count). The standard InChI is InChI=1S/C28H31F2N5O2/c1-3-4-14-33-15-16-35(27(33)36)24-11-8-22(9-12-24)7-5-6-21(2)28(37,18-34-20-31-19-32-34)25-13-10-23(29)17-26(25)30/h5,7-13,15-17,19-21,37H,3-4,6,14,18H2,1-2H3/b7-5+/t21-,28+/m0/s1. The second-order valence-corrected chi connectivity index (χ2v) is 9.27. The Morgan fingerprint density at radius 3 is 2.59 bits per heavy atom. The van der Waals surface area contributed by atoms with Crippen molar-refractivity contribution in [2.24, 2.45) is 5.92 Å². The molecule has 37 heavy (non-hydrogen) atoms. The SMILES string of the molecule is CCCCn1ccn(-c2ccc(/C=C/C[C@H](C)[C@](O)(Cn3cncn3)c3ccc(F)cc3F)cc2)c1=O. The average Bonchev–Trinajstić information content (AvgIpc) is 3.52. The number of aromatic nitrogens is 5. The van der Waals surface area contributed by atoms with Gasteiger partial charge in [0.2, 0.25) is 0 Å². The van der Waals surface area contributed by atoms with E-state index in [0.717, 1.165) is 36.2 Å². The van der Waals surface area contributed by atoms with Crippen molar-refractivity contribution in [1.82, 2.24) is 23.9 Å². The summed E-state index contributed by atoms with van der Waals surface area (Å²) < 4.78 is 33.0. The van der Waals surface area contributed by atoms with Crippen molar-refractivity contribution >= 4 is 6.08 Å². The topological polar surface area (TPSA) is 77.9 Å². The fraction of sp³-hybridized carbons (Fsp3) is 0.321. The van der Waals surface area contributed by atoms with Gasteiger partial charge in [-0.3, -0.25) is 9.13 Å². The highest BCUT2D eigenvalue weighted by atomic mass is 19.1. The summed E-state index contributed by atoms with van der Waals surface area (Å²) in [6, 6.07) is 10.8. The maximum absolute atomic E-state index is 14.7. The molecule has 2 heterocycles. The van der Waals surface area contributed by atoms with Gasteiger partial charge in [0.05, 0.1) is 12.2 Å². The van der Waals surface area contributed by atoms with Crippen LogP contribution in [0.3, 0.4) is 0 Å².